The lowest BCUT2D eigenvalue weighted by atomic mass is 9.87. The van der Waals surface area contributed by atoms with Crippen LogP contribution in [0.3, 0.4) is 0 Å². The monoisotopic (exact) mass is 291 g/mol. The van der Waals surface area contributed by atoms with Crippen LogP contribution in [-0.2, 0) is 0 Å². The highest BCUT2D eigenvalue weighted by Gasteiger charge is 2.32. The number of nitrogens with zero attached hydrogens (tertiary/aromatic N) is 1. The molecule has 2 rings (SSSR count). The van der Waals surface area contributed by atoms with E-state index in [2.05, 4.69) is 30.9 Å². The van der Waals surface area contributed by atoms with Gasteiger partial charge in [-0.2, -0.15) is 0 Å². The molecule has 0 bridgehead atoms. The summed E-state index contributed by atoms with van der Waals surface area (Å²) in [5.74, 6) is 0. The second-order valence-corrected chi connectivity index (χ2v) is 6.83. The normalized spacial score (nSPS) is 29.7. The molecule has 0 aliphatic carbocycles. The van der Waals surface area contributed by atoms with Crippen LogP contribution in [0.1, 0.15) is 71.6 Å². The molecule has 2 heterocycles. The molecule has 0 unspecified atom stereocenters. The second kappa shape index (κ2) is 8.75. The number of aliphatic hydroxyl groups is 1. The van der Waals surface area contributed by atoms with E-state index in [0.29, 0.717) is 6.04 Å². The van der Waals surface area contributed by atoms with Gasteiger partial charge in [-0.1, -0.05) is 44.8 Å². The van der Waals surface area contributed by atoms with E-state index in [4.69, 9.17) is 0 Å². The first-order chi connectivity index (χ1) is 10.2. The first kappa shape index (κ1) is 16.8. The molecule has 0 aromatic carbocycles. The Kier molecular flexibility index (Phi) is 6.98. The fraction of sp³-hybridized carbons (Fsp3) is 0.789. The molecule has 0 spiro atoms. The maximum Gasteiger partial charge on any atom is 0.0783 e. The van der Waals surface area contributed by atoms with Crippen molar-refractivity contribution in [2.45, 2.75) is 83.8 Å². The van der Waals surface area contributed by atoms with Crippen molar-refractivity contribution in [1.82, 2.24) is 4.90 Å². The van der Waals surface area contributed by atoms with E-state index in [1.54, 1.807) is 0 Å². The number of fused-ring (bicyclic) bond motifs is 1. The average molecular weight is 291 g/mol. The van der Waals surface area contributed by atoms with Gasteiger partial charge in [0, 0.05) is 12.6 Å². The third-order valence-electron chi connectivity index (χ3n) is 5.12. The van der Waals surface area contributed by atoms with E-state index >= 15 is 0 Å². The highest BCUT2D eigenvalue weighted by molar-refractivity contribution is 5.29. The summed E-state index contributed by atoms with van der Waals surface area (Å²) in [6, 6.07) is 0.628. The smallest absolute Gasteiger partial charge is 0.0783 e. The Labute approximate surface area is 130 Å². The van der Waals surface area contributed by atoms with Crippen molar-refractivity contribution in [1.29, 1.82) is 0 Å². The third-order valence-corrected chi connectivity index (χ3v) is 5.12. The Hall–Kier alpha value is -0.600. The molecule has 2 nitrogen and oxygen atoms in total. The zero-order chi connectivity index (χ0) is 15.1. The van der Waals surface area contributed by atoms with Gasteiger partial charge >= 0.3 is 0 Å². The van der Waals surface area contributed by atoms with Crippen LogP contribution in [0.5, 0.6) is 0 Å². The quantitative estimate of drug-likeness (QED) is 0.731. The van der Waals surface area contributed by atoms with Gasteiger partial charge in [0.05, 0.1) is 6.10 Å². The Bertz CT molecular complexity index is 372. The van der Waals surface area contributed by atoms with Gasteiger partial charge in [-0.25, -0.2) is 0 Å². The Morgan fingerprint density at radius 1 is 1.29 bits per heavy atom. The highest BCUT2D eigenvalue weighted by Crippen LogP contribution is 2.30. The number of unbranched alkanes of at least 4 members (excludes halogenated alkanes) is 4. The zero-order valence-electron chi connectivity index (χ0n) is 14.0. The summed E-state index contributed by atoms with van der Waals surface area (Å²) in [7, 11) is 0. The summed E-state index contributed by atoms with van der Waals surface area (Å²) < 4.78 is 0. The highest BCUT2D eigenvalue weighted by atomic mass is 16.3. The number of rotatable bonds is 6. The predicted octanol–water partition coefficient (Wildman–Crippen LogP) is 4.45. The number of allylic oxidation sites excluding steroid dienone is 3. The van der Waals surface area contributed by atoms with Crippen LogP contribution in [0.25, 0.3) is 0 Å². The summed E-state index contributed by atoms with van der Waals surface area (Å²) in [5, 5.41) is 10.4. The van der Waals surface area contributed by atoms with Gasteiger partial charge in [0.2, 0.25) is 0 Å². The molecule has 2 fully saturated rings. The predicted molar refractivity (Wildman–Crippen MR) is 90.4 cm³/mol. The van der Waals surface area contributed by atoms with E-state index in [9.17, 15) is 5.11 Å². The molecule has 0 amide bonds. The molecule has 2 heteroatoms. The second-order valence-electron chi connectivity index (χ2n) is 6.83. The SMILES string of the molecule is CCCCCC/C=C/C(C)=C1/CN2CCCC[C@H]2C[C@@H]1O. The van der Waals surface area contributed by atoms with Crippen LogP contribution in [0.15, 0.2) is 23.3 Å². The lowest BCUT2D eigenvalue weighted by molar-refractivity contribution is 0.0611. The zero-order valence-corrected chi connectivity index (χ0v) is 14.0. The molecular weight excluding hydrogens is 258 g/mol. The first-order valence-corrected chi connectivity index (χ1v) is 9.00. The van der Waals surface area contributed by atoms with E-state index < -0.39 is 0 Å². The Morgan fingerprint density at radius 3 is 2.95 bits per heavy atom. The van der Waals surface area contributed by atoms with Crippen molar-refractivity contribution >= 4 is 0 Å². The van der Waals surface area contributed by atoms with E-state index in [1.165, 1.54) is 69.1 Å². The van der Waals surface area contributed by atoms with Crippen molar-refractivity contribution in [3.8, 4) is 0 Å². The van der Waals surface area contributed by atoms with Gasteiger partial charge in [-0.15, -0.1) is 0 Å². The Morgan fingerprint density at radius 2 is 2.14 bits per heavy atom. The van der Waals surface area contributed by atoms with Gasteiger partial charge in [0.15, 0.2) is 0 Å². The minimum absolute atomic E-state index is 0.214. The van der Waals surface area contributed by atoms with Gasteiger partial charge in [-0.05, 0) is 56.7 Å². The van der Waals surface area contributed by atoms with Gasteiger partial charge in [0.1, 0.15) is 0 Å². The number of piperidine rings is 2. The fourth-order valence-corrected chi connectivity index (χ4v) is 3.70. The number of aliphatic hydroxyl groups excluding tert-OH is 1. The molecular formula is C19H33NO. The molecule has 2 aliphatic rings. The van der Waals surface area contributed by atoms with Crippen LogP contribution in [0.4, 0.5) is 0 Å². The third kappa shape index (κ3) is 4.96. The topological polar surface area (TPSA) is 23.5 Å². The van der Waals surface area contributed by atoms with Crippen LogP contribution in [0, 0.1) is 0 Å². The molecule has 2 aliphatic heterocycles. The molecule has 1 N–H and O–H groups in total. The maximum atomic E-state index is 10.4. The van der Waals surface area contributed by atoms with Crippen molar-refractivity contribution in [2.75, 3.05) is 13.1 Å². The average Bonchev–Trinajstić information content (AvgIpc) is 2.49. The lowest BCUT2D eigenvalue weighted by Crippen LogP contribution is -2.48. The molecule has 0 saturated carbocycles. The molecule has 0 aromatic rings. The largest absolute Gasteiger partial charge is 0.389 e. The summed E-state index contributed by atoms with van der Waals surface area (Å²) in [5.41, 5.74) is 2.56. The standard InChI is InChI=1S/C19H33NO/c1-3-4-5-6-7-8-11-16(2)18-15-20-13-10-9-12-17(20)14-19(18)21/h8,11,17,19,21H,3-7,9-10,12-15H2,1-2H3/b11-8+,18-16-/t17-,19-/m0/s1. The summed E-state index contributed by atoms with van der Waals surface area (Å²) in [6.45, 7) is 6.63. The van der Waals surface area contributed by atoms with Gasteiger partial charge in [-0.3, -0.25) is 4.90 Å². The van der Waals surface area contributed by atoms with Crippen molar-refractivity contribution in [3.63, 3.8) is 0 Å². The van der Waals surface area contributed by atoms with Crippen molar-refractivity contribution in [3.05, 3.63) is 23.3 Å². The molecule has 120 valence electrons. The molecule has 0 radical (unpaired) electrons. The van der Waals surface area contributed by atoms with Crippen molar-refractivity contribution in [2.24, 2.45) is 0 Å². The van der Waals surface area contributed by atoms with Crippen molar-refractivity contribution < 1.29 is 5.11 Å². The Balaban J connectivity index is 1.86. The molecule has 2 saturated heterocycles. The summed E-state index contributed by atoms with van der Waals surface area (Å²) >= 11 is 0. The molecule has 0 aromatic heterocycles. The van der Waals surface area contributed by atoms with E-state index in [1.807, 2.05) is 0 Å². The molecule has 2 atom stereocenters. The van der Waals surface area contributed by atoms with E-state index in [-0.39, 0.29) is 6.10 Å². The van der Waals surface area contributed by atoms with Crippen LogP contribution < -0.4 is 0 Å². The number of hydrogen-bond donors (Lipinski definition) is 1. The van der Waals surface area contributed by atoms with Gasteiger partial charge < -0.3 is 5.11 Å². The fourth-order valence-electron chi connectivity index (χ4n) is 3.70. The lowest BCUT2D eigenvalue weighted by Gasteiger charge is -2.42. The maximum absolute atomic E-state index is 10.4. The first-order valence-electron chi connectivity index (χ1n) is 9.00. The minimum atomic E-state index is -0.214. The van der Waals surface area contributed by atoms with Crippen LogP contribution in [-0.4, -0.2) is 35.2 Å². The van der Waals surface area contributed by atoms with Gasteiger partial charge in [0.25, 0.3) is 0 Å². The van der Waals surface area contributed by atoms with Crippen LogP contribution in [0.2, 0.25) is 0 Å². The summed E-state index contributed by atoms with van der Waals surface area (Å²) in [4.78, 5) is 2.59. The van der Waals surface area contributed by atoms with Crippen LogP contribution >= 0.6 is 0 Å². The summed E-state index contributed by atoms with van der Waals surface area (Å²) in [6.07, 6.45) is 15.7. The van der Waals surface area contributed by atoms with E-state index in [0.717, 1.165) is 13.0 Å². The number of hydrogen-bond acceptors (Lipinski definition) is 2. The molecule has 21 heavy (non-hydrogen) atoms. The minimum Gasteiger partial charge on any atom is -0.389 e.